The number of aliphatic hydroxyl groups excluding tert-OH is 1. The molecule has 0 fully saturated rings. The summed E-state index contributed by atoms with van der Waals surface area (Å²) in [4.78, 5) is 0. The Morgan fingerprint density at radius 1 is 1.50 bits per heavy atom. The number of hydrogen-bond acceptors (Lipinski definition) is 5. The van der Waals surface area contributed by atoms with E-state index in [2.05, 4.69) is 5.32 Å². The van der Waals surface area contributed by atoms with Crippen LogP contribution in [0.1, 0.15) is 6.92 Å². The molecule has 0 rings (SSSR count). The van der Waals surface area contributed by atoms with Crippen molar-refractivity contribution in [3.8, 4) is 0 Å². The number of aliphatic hydroxyl groups is 1. The Bertz CT molecular complexity index is 269. The second-order valence-electron chi connectivity index (χ2n) is 3.56. The topological polar surface area (TPSA) is 78.9 Å². The first-order valence-electron chi connectivity index (χ1n) is 5.25. The van der Waals surface area contributed by atoms with Crippen molar-refractivity contribution in [3.63, 3.8) is 0 Å². The predicted molar refractivity (Wildman–Crippen MR) is 62.8 cm³/mol. The Hall–Kier alpha value is -0.210. The molecule has 0 aromatic carbocycles. The summed E-state index contributed by atoms with van der Waals surface area (Å²) in [5.41, 5.74) is 0. The van der Waals surface area contributed by atoms with Gasteiger partial charge in [0.2, 0.25) is 10.0 Å². The number of sulfonamides is 1. The maximum Gasteiger partial charge on any atom is 0.215 e. The van der Waals surface area contributed by atoms with Crippen LogP contribution in [0.25, 0.3) is 0 Å². The predicted octanol–water partition coefficient (Wildman–Crippen LogP) is -1.14. The van der Waals surface area contributed by atoms with Gasteiger partial charge in [-0.3, -0.25) is 0 Å². The monoisotopic (exact) mass is 254 g/mol. The number of likely N-dealkylation sites (N-methyl/N-ethyl adjacent to an activating group) is 1. The van der Waals surface area contributed by atoms with Gasteiger partial charge in [-0.1, -0.05) is 6.92 Å². The van der Waals surface area contributed by atoms with E-state index in [-0.39, 0.29) is 18.9 Å². The highest BCUT2D eigenvalue weighted by Gasteiger charge is 2.19. The zero-order chi connectivity index (χ0) is 12.6. The summed E-state index contributed by atoms with van der Waals surface area (Å²) in [6.45, 7) is 3.27. The molecular formula is C9H22N2O4S. The molecule has 0 aromatic rings. The van der Waals surface area contributed by atoms with Gasteiger partial charge in [-0.25, -0.2) is 12.7 Å². The van der Waals surface area contributed by atoms with E-state index in [1.54, 1.807) is 0 Å². The third-order valence-electron chi connectivity index (χ3n) is 2.09. The van der Waals surface area contributed by atoms with Crippen molar-refractivity contribution >= 4 is 10.0 Å². The van der Waals surface area contributed by atoms with Gasteiger partial charge in [0, 0.05) is 27.2 Å². The smallest absolute Gasteiger partial charge is 0.215 e. The molecule has 0 radical (unpaired) electrons. The largest absolute Gasteiger partial charge is 0.389 e. The van der Waals surface area contributed by atoms with Crippen LogP contribution in [-0.4, -0.2) is 70.1 Å². The molecule has 0 heterocycles. The number of ether oxygens (including phenoxy) is 1. The molecule has 2 N–H and O–H groups in total. The Morgan fingerprint density at radius 3 is 2.62 bits per heavy atom. The van der Waals surface area contributed by atoms with E-state index in [4.69, 9.17) is 4.74 Å². The van der Waals surface area contributed by atoms with E-state index in [1.807, 2.05) is 6.92 Å². The minimum Gasteiger partial charge on any atom is -0.389 e. The lowest BCUT2D eigenvalue weighted by Gasteiger charge is -2.20. The molecule has 0 amide bonds. The molecule has 0 spiro atoms. The minimum atomic E-state index is -3.29. The second kappa shape index (κ2) is 7.97. The van der Waals surface area contributed by atoms with Crippen LogP contribution in [0, 0.1) is 0 Å². The molecule has 16 heavy (non-hydrogen) atoms. The van der Waals surface area contributed by atoms with Gasteiger partial charge in [0.25, 0.3) is 0 Å². The van der Waals surface area contributed by atoms with E-state index in [9.17, 15) is 13.5 Å². The van der Waals surface area contributed by atoms with Gasteiger partial charge in [-0.05, 0) is 6.54 Å². The zero-order valence-electron chi connectivity index (χ0n) is 10.1. The summed E-state index contributed by atoms with van der Waals surface area (Å²) in [6.07, 6.45) is -0.788. The van der Waals surface area contributed by atoms with Gasteiger partial charge in [0.1, 0.15) is 0 Å². The number of nitrogens with zero attached hydrogens (tertiary/aromatic N) is 1. The zero-order valence-corrected chi connectivity index (χ0v) is 11.0. The van der Waals surface area contributed by atoms with E-state index >= 15 is 0 Å². The number of nitrogens with one attached hydrogen (secondary N) is 1. The fraction of sp³-hybridized carbons (Fsp3) is 1.00. The van der Waals surface area contributed by atoms with Crippen molar-refractivity contribution in [2.45, 2.75) is 13.0 Å². The average Bonchev–Trinajstić information content (AvgIpc) is 2.18. The first-order valence-corrected chi connectivity index (χ1v) is 6.86. The third-order valence-corrected chi connectivity index (χ3v) is 3.91. The van der Waals surface area contributed by atoms with Crippen molar-refractivity contribution in [2.24, 2.45) is 0 Å². The Balaban J connectivity index is 4.08. The van der Waals surface area contributed by atoms with E-state index in [1.165, 1.54) is 14.2 Å². The van der Waals surface area contributed by atoms with Crippen molar-refractivity contribution in [1.82, 2.24) is 9.62 Å². The maximum absolute atomic E-state index is 11.7. The lowest BCUT2D eigenvalue weighted by molar-refractivity contribution is 0.0554. The first-order chi connectivity index (χ1) is 7.44. The lowest BCUT2D eigenvalue weighted by Crippen LogP contribution is -2.39. The van der Waals surface area contributed by atoms with Crippen LogP contribution in [0.15, 0.2) is 0 Å². The summed E-state index contributed by atoms with van der Waals surface area (Å²) < 4.78 is 29.3. The molecule has 0 aliphatic rings. The number of methoxy groups -OCH3 is 1. The van der Waals surface area contributed by atoms with Gasteiger partial charge in [-0.15, -0.1) is 0 Å². The van der Waals surface area contributed by atoms with Crippen LogP contribution in [0.5, 0.6) is 0 Å². The standard InChI is InChI=1S/C9H22N2O4S/c1-4-10-5-6-16(13,14)11(2)7-9(12)8-15-3/h9-10,12H,4-8H2,1-3H3. The summed E-state index contributed by atoms with van der Waals surface area (Å²) in [6, 6.07) is 0. The van der Waals surface area contributed by atoms with Gasteiger partial charge in [0.05, 0.1) is 18.5 Å². The van der Waals surface area contributed by atoms with Crippen molar-refractivity contribution in [3.05, 3.63) is 0 Å². The number of hydrogen-bond donors (Lipinski definition) is 2. The molecule has 1 atom stereocenters. The van der Waals surface area contributed by atoms with Crippen LogP contribution in [0.3, 0.4) is 0 Å². The summed E-state index contributed by atoms with van der Waals surface area (Å²) in [7, 11) is -0.371. The molecule has 1 unspecified atom stereocenters. The lowest BCUT2D eigenvalue weighted by atomic mass is 10.4. The molecule has 0 saturated heterocycles. The van der Waals surface area contributed by atoms with Crippen LogP contribution >= 0.6 is 0 Å². The highest BCUT2D eigenvalue weighted by Crippen LogP contribution is 1.99. The Morgan fingerprint density at radius 2 is 2.12 bits per heavy atom. The maximum atomic E-state index is 11.7. The molecule has 0 aliphatic carbocycles. The van der Waals surface area contributed by atoms with Gasteiger partial charge < -0.3 is 15.2 Å². The number of rotatable bonds is 9. The first kappa shape index (κ1) is 15.8. The molecular weight excluding hydrogens is 232 g/mol. The molecule has 0 saturated carbocycles. The Labute approximate surface area is 97.6 Å². The fourth-order valence-corrected chi connectivity index (χ4v) is 2.30. The van der Waals surface area contributed by atoms with Crippen LogP contribution < -0.4 is 5.32 Å². The van der Waals surface area contributed by atoms with Crippen molar-refractivity contribution in [2.75, 3.05) is 46.2 Å². The van der Waals surface area contributed by atoms with E-state index < -0.39 is 16.1 Å². The van der Waals surface area contributed by atoms with Crippen LogP contribution in [-0.2, 0) is 14.8 Å². The quantitative estimate of drug-likeness (QED) is 0.509. The van der Waals surface area contributed by atoms with Gasteiger partial charge in [0.15, 0.2) is 0 Å². The molecule has 6 nitrogen and oxygen atoms in total. The molecule has 7 heteroatoms. The Kier molecular flexibility index (Phi) is 7.86. The average molecular weight is 254 g/mol. The second-order valence-corrected chi connectivity index (χ2v) is 5.75. The molecule has 0 aliphatic heterocycles. The minimum absolute atomic E-state index is 0.0387. The fourth-order valence-electron chi connectivity index (χ4n) is 1.19. The van der Waals surface area contributed by atoms with E-state index in [0.29, 0.717) is 6.54 Å². The summed E-state index contributed by atoms with van der Waals surface area (Å²) in [5, 5.41) is 12.4. The third kappa shape index (κ3) is 6.39. The van der Waals surface area contributed by atoms with Gasteiger partial charge in [-0.2, -0.15) is 0 Å². The van der Waals surface area contributed by atoms with Crippen LogP contribution in [0.2, 0.25) is 0 Å². The SMILES string of the molecule is CCNCCS(=O)(=O)N(C)CC(O)COC. The van der Waals surface area contributed by atoms with E-state index in [0.717, 1.165) is 10.8 Å². The molecule has 98 valence electrons. The normalized spacial score (nSPS) is 14.3. The van der Waals surface area contributed by atoms with Crippen molar-refractivity contribution < 1.29 is 18.3 Å². The highest BCUT2D eigenvalue weighted by atomic mass is 32.2. The van der Waals surface area contributed by atoms with Crippen molar-refractivity contribution in [1.29, 1.82) is 0 Å². The van der Waals surface area contributed by atoms with Gasteiger partial charge >= 0.3 is 0 Å². The molecule has 0 aromatic heterocycles. The molecule has 0 bridgehead atoms. The highest BCUT2D eigenvalue weighted by molar-refractivity contribution is 7.89. The summed E-state index contributed by atoms with van der Waals surface area (Å²) >= 11 is 0. The van der Waals surface area contributed by atoms with Crippen LogP contribution in [0.4, 0.5) is 0 Å². The summed E-state index contributed by atoms with van der Waals surface area (Å²) in [5.74, 6) is 0.0387.